The molecule has 5 heteroatoms. The molecular weight excluding hydrogens is 304 g/mol. The maximum Gasteiger partial charge on any atom is 0.257 e. The SMILES string of the molecule is CC1(C)CCN(C(=O)c2cc(Br)cnc2Cl)C1. The molecule has 2 rings (SSSR count). The number of aromatic nitrogens is 1. The highest BCUT2D eigenvalue weighted by Gasteiger charge is 2.33. The third-order valence-corrected chi connectivity index (χ3v) is 3.74. The van der Waals surface area contributed by atoms with E-state index >= 15 is 0 Å². The first kappa shape index (κ1) is 12.8. The average molecular weight is 318 g/mol. The van der Waals surface area contributed by atoms with Crippen LogP contribution in [-0.4, -0.2) is 28.9 Å². The summed E-state index contributed by atoms with van der Waals surface area (Å²) in [4.78, 5) is 18.1. The maximum atomic E-state index is 12.3. The van der Waals surface area contributed by atoms with Gasteiger partial charge in [-0.25, -0.2) is 4.98 Å². The number of hydrogen-bond acceptors (Lipinski definition) is 2. The molecule has 0 atom stereocenters. The molecule has 1 fully saturated rings. The van der Waals surface area contributed by atoms with Crippen LogP contribution in [0, 0.1) is 5.41 Å². The van der Waals surface area contributed by atoms with E-state index in [0.29, 0.717) is 5.56 Å². The minimum absolute atomic E-state index is 0.0330. The zero-order chi connectivity index (χ0) is 12.6. The molecule has 1 aliphatic heterocycles. The van der Waals surface area contributed by atoms with Crippen LogP contribution < -0.4 is 0 Å². The van der Waals surface area contributed by atoms with Gasteiger partial charge < -0.3 is 4.90 Å². The average Bonchev–Trinajstić information content (AvgIpc) is 2.61. The fourth-order valence-corrected chi connectivity index (χ4v) is 2.54. The summed E-state index contributed by atoms with van der Waals surface area (Å²) < 4.78 is 0.767. The Morgan fingerprint density at radius 1 is 1.59 bits per heavy atom. The smallest absolute Gasteiger partial charge is 0.257 e. The molecule has 1 amide bonds. The summed E-state index contributed by atoms with van der Waals surface area (Å²) in [6.07, 6.45) is 2.62. The van der Waals surface area contributed by atoms with E-state index in [1.54, 1.807) is 12.3 Å². The van der Waals surface area contributed by atoms with Gasteiger partial charge in [-0.15, -0.1) is 0 Å². The number of amides is 1. The van der Waals surface area contributed by atoms with Crippen LogP contribution in [0.2, 0.25) is 5.15 Å². The van der Waals surface area contributed by atoms with Crippen LogP contribution in [0.1, 0.15) is 30.6 Å². The molecule has 0 bridgehead atoms. The molecule has 0 N–H and O–H groups in total. The number of halogens is 2. The minimum Gasteiger partial charge on any atom is -0.338 e. The Hall–Kier alpha value is -0.610. The van der Waals surface area contributed by atoms with Gasteiger partial charge >= 0.3 is 0 Å². The number of carbonyl (C=O) groups is 1. The molecular formula is C12H14BrClN2O. The van der Waals surface area contributed by atoms with E-state index in [1.807, 2.05) is 4.90 Å². The van der Waals surface area contributed by atoms with Crippen LogP contribution in [0.25, 0.3) is 0 Å². The van der Waals surface area contributed by atoms with Crippen molar-refractivity contribution in [2.24, 2.45) is 5.41 Å². The Morgan fingerprint density at radius 2 is 2.29 bits per heavy atom. The number of nitrogens with zero attached hydrogens (tertiary/aromatic N) is 2. The molecule has 0 aliphatic carbocycles. The second kappa shape index (κ2) is 4.58. The van der Waals surface area contributed by atoms with Gasteiger partial charge in [0.1, 0.15) is 5.15 Å². The Labute approximate surface area is 114 Å². The van der Waals surface area contributed by atoms with Crippen LogP contribution >= 0.6 is 27.5 Å². The molecule has 1 aromatic heterocycles. The van der Waals surface area contributed by atoms with E-state index in [2.05, 4.69) is 34.8 Å². The van der Waals surface area contributed by atoms with Crippen molar-refractivity contribution < 1.29 is 4.79 Å². The van der Waals surface area contributed by atoms with Gasteiger partial charge in [-0.2, -0.15) is 0 Å². The van der Waals surface area contributed by atoms with Crippen molar-refractivity contribution in [2.45, 2.75) is 20.3 Å². The van der Waals surface area contributed by atoms with E-state index in [-0.39, 0.29) is 16.5 Å². The molecule has 0 unspecified atom stereocenters. The highest BCUT2D eigenvalue weighted by Crippen LogP contribution is 2.30. The first-order valence-electron chi connectivity index (χ1n) is 5.49. The minimum atomic E-state index is -0.0330. The second-order valence-electron chi connectivity index (χ2n) is 5.13. The van der Waals surface area contributed by atoms with Crippen molar-refractivity contribution in [3.8, 4) is 0 Å². The van der Waals surface area contributed by atoms with Crippen molar-refractivity contribution in [2.75, 3.05) is 13.1 Å². The largest absolute Gasteiger partial charge is 0.338 e. The van der Waals surface area contributed by atoms with Gasteiger partial charge in [0.15, 0.2) is 0 Å². The Morgan fingerprint density at radius 3 is 2.88 bits per heavy atom. The zero-order valence-electron chi connectivity index (χ0n) is 9.83. The molecule has 0 radical (unpaired) electrons. The number of rotatable bonds is 1. The van der Waals surface area contributed by atoms with Crippen LogP contribution in [-0.2, 0) is 0 Å². The van der Waals surface area contributed by atoms with E-state index < -0.39 is 0 Å². The lowest BCUT2D eigenvalue weighted by molar-refractivity contribution is 0.0778. The van der Waals surface area contributed by atoms with Crippen molar-refractivity contribution in [3.63, 3.8) is 0 Å². The normalized spacial score (nSPS) is 18.5. The van der Waals surface area contributed by atoms with E-state index in [9.17, 15) is 4.79 Å². The van der Waals surface area contributed by atoms with E-state index in [4.69, 9.17) is 11.6 Å². The molecule has 1 aliphatic rings. The topological polar surface area (TPSA) is 33.2 Å². The highest BCUT2D eigenvalue weighted by molar-refractivity contribution is 9.10. The molecule has 3 nitrogen and oxygen atoms in total. The van der Waals surface area contributed by atoms with Crippen LogP contribution in [0.15, 0.2) is 16.7 Å². The summed E-state index contributed by atoms with van der Waals surface area (Å²) in [6.45, 7) is 5.89. The molecule has 1 aromatic rings. The molecule has 1 saturated heterocycles. The van der Waals surface area contributed by atoms with Crippen molar-refractivity contribution >= 4 is 33.4 Å². The lowest BCUT2D eigenvalue weighted by Crippen LogP contribution is -2.30. The monoisotopic (exact) mass is 316 g/mol. The quantitative estimate of drug-likeness (QED) is 0.744. The lowest BCUT2D eigenvalue weighted by atomic mass is 9.93. The van der Waals surface area contributed by atoms with Crippen LogP contribution in [0.3, 0.4) is 0 Å². The first-order chi connectivity index (χ1) is 7.89. The number of hydrogen-bond donors (Lipinski definition) is 0. The number of carbonyl (C=O) groups excluding carboxylic acids is 1. The molecule has 92 valence electrons. The third-order valence-electron chi connectivity index (χ3n) is 3.00. The standard InChI is InChI=1S/C12H14BrClN2O/c1-12(2)3-4-16(7-12)11(17)9-5-8(13)6-15-10(9)14/h5-6H,3-4,7H2,1-2H3. The summed E-state index contributed by atoms with van der Waals surface area (Å²) in [5, 5.41) is 0.267. The molecule has 17 heavy (non-hydrogen) atoms. The van der Waals surface area contributed by atoms with Gasteiger partial charge in [0, 0.05) is 23.8 Å². The maximum absolute atomic E-state index is 12.3. The zero-order valence-corrected chi connectivity index (χ0v) is 12.2. The second-order valence-corrected chi connectivity index (χ2v) is 6.41. The van der Waals surface area contributed by atoms with E-state index in [1.165, 1.54) is 0 Å². The first-order valence-corrected chi connectivity index (χ1v) is 6.66. The Balaban J connectivity index is 2.23. The van der Waals surface area contributed by atoms with Gasteiger partial charge in [0.2, 0.25) is 0 Å². The fourth-order valence-electron chi connectivity index (χ4n) is 2.03. The molecule has 0 aromatic carbocycles. The Bertz CT molecular complexity index is 462. The van der Waals surface area contributed by atoms with Crippen molar-refractivity contribution in [1.29, 1.82) is 0 Å². The predicted octanol–water partition coefficient (Wildman–Crippen LogP) is 3.37. The van der Waals surface area contributed by atoms with E-state index in [0.717, 1.165) is 24.0 Å². The van der Waals surface area contributed by atoms with Crippen molar-refractivity contribution in [1.82, 2.24) is 9.88 Å². The Kier molecular flexibility index (Phi) is 3.46. The van der Waals surface area contributed by atoms with Crippen LogP contribution in [0.5, 0.6) is 0 Å². The molecule has 2 heterocycles. The summed E-state index contributed by atoms with van der Waals surface area (Å²) in [5.41, 5.74) is 0.667. The van der Waals surface area contributed by atoms with Crippen LogP contribution in [0.4, 0.5) is 0 Å². The highest BCUT2D eigenvalue weighted by atomic mass is 79.9. The van der Waals surface area contributed by atoms with Gasteiger partial charge in [0.05, 0.1) is 5.56 Å². The van der Waals surface area contributed by atoms with Gasteiger partial charge in [-0.3, -0.25) is 4.79 Å². The predicted molar refractivity (Wildman–Crippen MR) is 71.2 cm³/mol. The summed E-state index contributed by atoms with van der Waals surface area (Å²) in [5.74, 6) is -0.0330. The fraction of sp³-hybridized carbons (Fsp3) is 0.500. The summed E-state index contributed by atoms with van der Waals surface area (Å²) in [7, 11) is 0. The summed E-state index contributed by atoms with van der Waals surface area (Å²) >= 11 is 9.26. The molecule has 0 spiro atoms. The lowest BCUT2D eigenvalue weighted by Gasteiger charge is -2.20. The number of pyridine rings is 1. The summed E-state index contributed by atoms with van der Waals surface area (Å²) in [6, 6.07) is 1.73. The van der Waals surface area contributed by atoms with Crippen molar-refractivity contribution in [3.05, 3.63) is 27.5 Å². The number of likely N-dealkylation sites (tertiary alicyclic amines) is 1. The molecule has 0 saturated carbocycles. The van der Waals surface area contributed by atoms with Gasteiger partial charge in [-0.05, 0) is 33.8 Å². The van der Waals surface area contributed by atoms with Gasteiger partial charge in [0.25, 0.3) is 5.91 Å². The van der Waals surface area contributed by atoms with Gasteiger partial charge in [-0.1, -0.05) is 25.4 Å². The third kappa shape index (κ3) is 2.80.